The van der Waals surface area contributed by atoms with Crippen LogP contribution in [0.1, 0.15) is 18.4 Å². The van der Waals surface area contributed by atoms with Gasteiger partial charge in [0, 0.05) is 6.54 Å². The zero-order valence-corrected chi connectivity index (χ0v) is 9.23. The van der Waals surface area contributed by atoms with Crippen LogP contribution in [-0.4, -0.2) is 23.7 Å². The zero-order chi connectivity index (χ0) is 11.8. The molecule has 16 heavy (non-hydrogen) atoms. The first-order valence-corrected chi connectivity index (χ1v) is 5.44. The van der Waals surface area contributed by atoms with Crippen molar-refractivity contribution < 1.29 is 9.90 Å². The number of benzene rings is 1. The molecule has 2 rings (SSSR count). The van der Waals surface area contributed by atoms with Crippen molar-refractivity contribution in [1.82, 2.24) is 5.32 Å². The third-order valence-electron chi connectivity index (χ3n) is 2.44. The molecule has 4 heteroatoms. The molecule has 0 amide bonds. The second-order valence-corrected chi connectivity index (χ2v) is 3.68. The molecular weight excluding hydrogens is 204 g/mol. The molecule has 4 N–H and O–H groups in total. The van der Waals surface area contributed by atoms with E-state index in [-0.39, 0.29) is 6.04 Å². The quantitative estimate of drug-likeness (QED) is 0.697. The number of hydrogen-bond donors (Lipinski definition) is 3. The van der Waals surface area contributed by atoms with Gasteiger partial charge in [-0.3, -0.25) is 4.79 Å². The molecule has 1 unspecified atom stereocenters. The molecule has 1 aliphatic heterocycles. The minimum atomic E-state index is -0.720. The van der Waals surface area contributed by atoms with Crippen molar-refractivity contribution in [3.63, 3.8) is 0 Å². The maximum atomic E-state index is 10.1. The molecule has 88 valence electrons. The van der Waals surface area contributed by atoms with Gasteiger partial charge < -0.3 is 16.2 Å². The Balaban J connectivity index is 0.000000160. The number of nitrogens with two attached hydrogens (primary N) is 1. The predicted octanol–water partition coefficient (Wildman–Crippen LogP) is 0.968. The van der Waals surface area contributed by atoms with E-state index in [9.17, 15) is 4.79 Å². The van der Waals surface area contributed by atoms with Gasteiger partial charge in [-0.05, 0) is 24.9 Å². The van der Waals surface area contributed by atoms with Gasteiger partial charge in [-0.1, -0.05) is 30.3 Å². The fourth-order valence-electron chi connectivity index (χ4n) is 1.51. The SMILES string of the molecule is NCc1ccccc1.O=C(O)C1CCCN1. The summed E-state index contributed by atoms with van der Waals surface area (Å²) in [4.78, 5) is 10.1. The Kier molecular flexibility index (Phi) is 5.53. The molecule has 1 aromatic rings. The molecule has 1 atom stereocenters. The number of nitrogens with one attached hydrogen (secondary N) is 1. The molecule has 1 fully saturated rings. The Morgan fingerprint density at radius 3 is 2.44 bits per heavy atom. The lowest BCUT2D eigenvalue weighted by molar-refractivity contribution is -0.139. The molecule has 0 bridgehead atoms. The molecule has 0 aromatic heterocycles. The van der Waals surface area contributed by atoms with Crippen molar-refractivity contribution in [1.29, 1.82) is 0 Å². The average molecular weight is 222 g/mol. The lowest BCUT2D eigenvalue weighted by Crippen LogP contribution is -2.29. The summed E-state index contributed by atoms with van der Waals surface area (Å²) in [5.41, 5.74) is 6.54. The predicted molar refractivity (Wildman–Crippen MR) is 63.0 cm³/mol. The van der Waals surface area contributed by atoms with E-state index in [1.165, 1.54) is 5.56 Å². The fraction of sp³-hybridized carbons (Fsp3) is 0.417. The molecule has 0 aliphatic carbocycles. The number of carbonyl (C=O) groups is 1. The van der Waals surface area contributed by atoms with E-state index in [2.05, 4.69) is 5.32 Å². The van der Waals surface area contributed by atoms with Crippen LogP contribution >= 0.6 is 0 Å². The van der Waals surface area contributed by atoms with E-state index in [0.717, 1.165) is 19.4 Å². The number of carboxylic acids is 1. The van der Waals surface area contributed by atoms with E-state index in [4.69, 9.17) is 10.8 Å². The first-order valence-electron chi connectivity index (χ1n) is 5.44. The summed E-state index contributed by atoms with van der Waals surface area (Å²) < 4.78 is 0. The highest BCUT2D eigenvalue weighted by Gasteiger charge is 2.20. The fourth-order valence-corrected chi connectivity index (χ4v) is 1.51. The number of hydrogen-bond acceptors (Lipinski definition) is 3. The molecule has 4 nitrogen and oxygen atoms in total. The average Bonchev–Trinajstić information content (AvgIpc) is 2.85. The van der Waals surface area contributed by atoms with Gasteiger partial charge in [0.15, 0.2) is 0 Å². The standard InChI is InChI=1S/C7H9N.C5H9NO2/c8-6-7-4-2-1-3-5-7;7-5(8)4-2-1-3-6-4/h1-5H,6,8H2;4,6H,1-3H2,(H,7,8). The third kappa shape index (κ3) is 4.42. The Labute approximate surface area is 95.5 Å². The highest BCUT2D eigenvalue weighted by atomic mass is 16.4. The van der Waals surface area contributed by atoms with Gasteiger partial charge in [-0.25, -0.2) is 0 Å². The van der Waals surface area contributed by atoms with Crippen LogP contribution in [0.3, 0.4) is 0 Å². The maximum Gasteiger partial charge on any atom is 0.320 e. The summed E-state index contributed by atoms with van der Waals surface area (Å²) in [5.74, 6) is -0.720. The van der Waals surface area contributed by atoms with E-state index < -0.39 is 5.97 Å². The topological polar surface area (TPSA) is 75.4 Å². The molecular formula is C12H18N2O2. The van der Waals surface area contributed by atoms with Crippen molar-refractivity contribution in [3.05, 3.63) is 35.9 Å². The van der Waals surface area contributed by atoms with E-state index in [1.807, 2.05) is 30.3 Å². The van der Waals surface area contributed by atoms with Gasteiger partial charge in [0.05, 0.1) is 0 Å². The molecule has 1 aromatic carbocycles. The van der Waals surface area contributed by atoms with Crippen molar-refractivity contribution >= 4 is 5.97 Å². The van der Waals surface area contributed by atoms with Crippen molar-refractivity contribution in [2.45, 2.75) is 25.4 Å². The molecule has 0 radical (unpaired) electrons. The molecule has 1 aliphatic rings. The summed E-state index contributed by atoms with van der Waals surface area (Å²) >= 11 is 0. The first-order chi connectivity index (χ1) is 7.74. The minimum Gasteiger partial charge on any atom is -0.480 e. The van der Waals surface area contributed by atoms with Crippen LogP contribution in [0.2, 0.25) is 0 Å². The second-order valence-electron chi connectivity index (χ2n) is 3.68. The lowest BCUT2D eigenvalue weighted by Gasteiger charge is -1.99. The monoisotopic (exact) mass is 222 g/mol. The Hall–Kier alpha value is -1.39. The van der Waals surface area contributed by atoms with Gasteiger partial charge >= 0.3 is 5.97 Å². The highest BCUT2D eigenvalue weighted by Crippen LogP contribution is 2.03. The van der Waals surface area contributed by atoms with Gasteiger partial charge in [0.25, 0.3) is 0 Å². The summed E-state index contributed by atoms with van der Waals surface area (Å²) in [6.07, 6.45) is 1.78. The van der Waals surface area contributed by atoms with Crippen LogP contribution in [0, 0.1) is 0 Å². The number of aliphatic carboxylic acids is 1. The van der Waals surface area contributed by atoms with Crippen molar-refractivity contribution in [2.24, 2.45) is 5.73 Å². The summed E-state index contributed by atoms with van der Waals surface area (Å²) in [6, 6.07) is 9.72. The second kappa shape index (κ2) is 6.98. The normalized spacial score (nSPS) is 18.7. The number of rotatable bonds is 2. The number of carboxylic acid groups (broad SMARTS) is 1. The van der Waals surface area contributed by atoms with E-state index in [1.54, 1.807) is 0 Å². The van der Waals surface area contributed by atoms with Gasteiger partial charge in [-0.2, -0.15) is 0 Å². The Morgan fingerprint density at radius 2 is 2.12 bits per heavy atom. The van der Waals surface area contributed by atoms with Crippen LogP contribution in [0.5, 0.6) is 0 Å². The van der Waals surface area contributed by atoms with Crippen LogP contribution in [0.15, 0.2) is 30.3 Å². The molecule has 1 saturated heterocycles. The van der Waals surface area contributed by atoms with Crippen molar-refractivity contribution in [3.8, 4) is 0 Å². The van der Waals surface area contributed by atoms with Crippen LogP contribution in [-0.2, 0) is 11.3 Å². The molecule has 0 spiro atoms. The van der Waals surface area contributed by atoms with E-state index in [0.29, 0.717) is 6.54 Å². The minimum absolute atomic E-state index is 0.269. The highest BCUT2D eigenvalue weighted by molar-refractivity contribution is 5.73. The van der Waals surface area contributed by atoms with Gasteiger partial charge in [-0.15, -0.1) is 0 Å². The Morgan fingerprint density at radius 1 is 1.44 bits per heavy atom. The summed E-state index contributed by atoms with van der Waals surface area (Å²) in [7, 11) is 0. The molecule has 0 saturated carbocycles. The maximum absolute atomic E-state index is 10.1. The van der Waals surface area contributed by atoms with Crippen LogP contribution in [0.4, 0.5) is 0 Å². The van der Waals surface area contributed by atoms with Gasteiger partial charge in [0.1, 0.15) is 6.04 Å². The molecule has 1 heterocycles. The first kappa shape index (κ1) is 12.7. The van der Waals surface area contributed by atoms with Crippen LogP contribution in [0.25, 0.3) is 0 Å². The largest absolute Gasteiger partial charge is 0.480 e. The zero-order valence-electron chi connectivity index (χ0n) is 9.23. The van der Waals surface area contributed by atoms with Crippen molar-refractivity contribution in [2.75, 3.05) is 6.54 Å². The van der Waals surface area contributed by atoms with Gasteiger partial charge in [0.2, 0.25) is 0 Å². The Bertz CT molecular complexity index is 308. The van der Waals surface area contributed by atoms with Crippen LogP contribution < -0.4 is 11.1 Å². The summed E-state index contributed by atoms with van der Waals surface area (Å²) in [5, 5.41) is 11.2. The third-order valence-corrected chi connectivity index (χ3v) is 2.44. The summed E-state index contributed by atoms with van der Waals surface area (Å²) in [6.45, 7) is 1.50. The lowest BCUT2D eigenvalue weighted by atomic mass is 10.2. The van der Waals surface area contributed by atoms with E-state index >= 15 is 0 Å². The smallest absolute Gasteiger partial charge is 0.320 e.